The summed E-state index contributed by atoms with van der Waals surface area (Å²) >= 11 is 0. The molecule has 0 aliphatic carbocycles. The molecule has 4 saturated heterocycles. The third-order valence-corrected chi connectivity index (χ3v) is 12.4. The molecule has 0 saturated carbocycles. The van der Waals surface area contributed by atoms with Crippen LogP contribution in [0.1, 0.15) is 110 Å². The number of hydrogen-bond donors (Lipinski definition) is 4. The monoisotopic (exact) mass is 730 g/mol. The predicted molar refractivity (Wildman–Crippen MR) is 206 cm³/mol. The second-order valence-electron chi connectivity index (χ2n) is 15.7. The van der Waals surface area contributed by atoms with Gasteiger partial charge in [-0.25, -0.2) is 23.1 Å². The van der Waals surface area contributed by atoms with Gasteiger partial charge in [-0.3, -0.25) is 0 Å². The zero-order chi connectivity index (χ0) is 36.3. The molecule has 2 aromatic heterocycles. The standard InChI is InChI=1S/C43H45F3N8/c44-29-9-5-25(6-10-29)26-15-19-53(20-16-26)41-31(45)23-30(24-32(41)46)54-39(27-7-11-33-37(21-27)51-42(49-33)35-3-1-17-47-35)13-14-40(54)28-8-12-34-38(22-28)52-43(50-34)36-4-2-18-48-36/h5-12,21-24,26,35-36,39-40,47-48H,1-4,13-20H2,(H,49,51)(H,50,52)/t35-,36-,39-,40+/m0/s1. The van der Waals surface area contributed by atoms with Crippen molar-refractivity contribution >= 4 is 33.4 Å². The van der Waals surface area contributed by atoms with Crippen LogP contribution in [0.5, 0.6) is 0 Å². The first-order valence-electron chi connectivity index (χ1n) is 19.7. The van der Waals surface area contributed by atoms with Crippen LogP contribution in [-0.2, 0) is 0 Å². The van der Waals surface area contributed by atoms with E-state index >= 15 is 8.78 Å². The molecule has 4 aromatic carbocycles. The Labute approximate surface area is 312 Å². The van der Waals surface area contributed by atoms with E-state index < -0.39 is 11.6 Å². The molecule has 0 spiro atoms. The van der Waals surface area contributed by atoms with Gasteiger partial charge in [0.25, 0.3) is 0 Å². The lowest BCUT2D eigenvalue weighted by Crippen LogP contribution is -2.34. The average Bonchev–Trinajstić information content (AvgIpc) is 4.03. The Hall–Kier alpha value is -4.87. The van der Waals surface area contributed by atoms with Gasteiger partial charge in [-0.2, -0.15) is 0 Å². The molecule has 0 radical (unpaired) electrons. The number of piperidine rings is 1. The van der Waals surface area contributed by atoms with Crippen LogP contribution in [-0.4, -0.2) is 46.1 Å². The average molecular weight is 731 g/mol. The third-order valence-electron chi connectivity index (χ3n) is 12.4. The molecule has 278 valence electrons. The van der Waals surface area contributed by atoms with Crippen molar-refractivity contribution in [1.82, 2.24) is 30.6 Å². The smallest absolute Gasteiger partial charge is 0.151 e. The van der Waals surface area contributed by atoms with Crippen LogP contribution < -0.4 is 20.4 Å². The van der Waals surface area contributed by atoms with E-state index in [0.29, 0.717) is 18.8 Å². The predicted octanol–water partition coefficient (Wildman–Crippen LogP) is 9.17. The minimum Gasteiger partial charge on any atom is -0.367 e. The SMILES string of the molecule is Fc1ccc(C2CCN(c3c(F)cc(N4[C@@H](c5ccc6nc([C@@H]7CCCN7)[nH]c6c5)CC[C@H]4c4ccc5nc([C@@H]6CCCN6)[nH]c5c4)cc3F)CC2)cc1. The minimum absolute atomic E-state index is 0.0301. The van der Waals surface area contributed by atoms with Gasteiger partial charge in [0.2, 0.25) is 0 Å². The summed E-state index contributed by atoms with van der Waals surface area (Å²) in [6, 6.07) is 22.7. The summed E-state index contributed by atoms with van der Waals surface area (Å²) in [4.78, 5) is 21.0. The Morgan fingerprint density at radius 3 is 1.59 bits per heavy atom. The summed E-state index contributed by atoms with van der Waals surface area (Å²) < 4.78 is 46.3. The van der Waals surface area contributed by atoms with Gasteiger partial charge < -0.3 is 30.4 Å². The molecule has 8 nitrogen and oxygen atoms in total. The first kappa shape index (κ1) is 33.7. The fourth-order valence-electron chi connectivity index (χ4n) is 9.67. The van der Waals surface area contributed by atoms with Crippen molar-refractivity contribution in [2.75, 3.05) is 36.0 Å². The molecular weight excluding hydrogens is 686 g/mol. The number of fused-ring (bicyclic) bond motifs is 2. The highest BCUT2D eigenvalue weighted by Crippen LogP contribution is 2.49. The van der Waals surface area contributed by atoms with Crippen LogP contribution >= 0.6 is 0 Å². The van der Waals surface area contributed by atoms with E-state index in [0.717, 1.165) is 115 Å². The van der Waals surface area contributed by atoms with Gasteiger partial charge in [-0.15, -0.1) is 0 Å². The number of imidazole rings is 2. The van der Waals surface area contributed by atoms with Crippen LogP contribution in [0, 0.1) is 17.5 Å². The topological polar surface area (TPSA) is 87.9 Å². The molecule has 6 aromatic rings. The van der Waals surface area contributed by atoms with E-state index in [1.807, 2.05) is 17.0 Å². The van der Waals surface area contributed by atoms with Gasteiger partial charge >= 0.3 is 0 Å². The number of H-pyrrole nitrogens is 2. The highest BCUT2D eigenvalue weighted by Gasteiger charge is 2.38. The van der Waals surface area contributed by atoms with Crippen LogP contribution in [0.3, 0.4) is 0 Å². The largest absolute Gasteiger partial charge is 0.367 e. The van der Waals surface area contributed by atoms with E-state index in [2.05, 4.69) is 61.9 Å². The molecule has 4 fully saturated rings. The van der Waals surface area contributed by atoms with Crippen LogP contribution in [0.2, 0.25) is 0 Å². The Morgan fingerprint density at radius 2 is 1.09 bits per heavy atom. The lowest BCUT2D eigenvalue weighted by molar-refractivity contribution is 0.485. The van der Waals surface area contributed by atoms with Crippen molar-refractivity contribution in [2.24, 2.45) is 0 Å². The maximum atomic E-state index is 16.4. The first-order valence-corrected chi connectivity index (χ1v) is 19.7. The quantitative estimate of drug-likeness (QED) is 0.131. The zero-order valence-corrected chi connectivity index (χ0v) is 30.2. The number of aromatic amines is 2. The summed E-state index contributed by atoms with van der Waals surface area (Å²) in [6.07, 6.45) is 7.51. The maximum Gasteiger partial charge on any atom is 0.151 e. The van der Waals surface area contributed by atoms with Crippen LogP contribution in [0.25, 0.3) is 22.1 Å². The van der Waals surface area contributed by atoms with Crippen molar-refractivity contribution in [1.29, 1.82) is 0 Å². The third kappa shape index (κ3) is 6.11. The molecule has 54 heavy (non-hydrogen) atoms. The highest BCUT2D eigenvalue weighted by molar-refractivity contribution is 5.78. The summed E-state index contributed by atoms with van der Waals surface area (Å²) in [6.45, 7) is 3.04. The van der Waals surface area contributed by atoms with Crippen LogP contribution in [0.4, 0.5) is 24.5 Å². The van der Waals surface area contributed by atoms with Gasteiger partial charge in [0.05, 0.1) is 46.2 Å². The summed E-state index contributed by atoms with van der Waals surface area (Å²) in [5, 5.41) is 7.07. The minimum atomic E-state index is -0.551. The van der Waals surface area contributed by atoms with Crippen LogP contribution in [0.15, 0.2) is 72.8 Å². The number of nitrogens with zero attached hydrogens (tertiary/aromatic N) is 4. The van der Waals surface area contributed by atoms with Crippen molar-refractivity contribution in [2.45, 2.75) is 81.5 Å². The van der Waals surface area contributed by atoms with E-state index in [1.54, 1.807) is 0 Å². The number of nitrogens with one attached hydrogen (secondary N) is 4. The lowest BCUT2D eigenvalue weighted by Gasteiger charge is -2.36. The van der Waals surface area contributed by atoms with Crippen molar-refractivity contribution in [3.05, 3.63) is 119 Å². The second-order valence-corrected chi connectivity index (χ2v) is 15.7. The number of benzene rings is 4. The normalized spacial score (nSPS) is 23.8. The van der Waals surface area contributed by atoms with Crippen molar-refractivity contribution < 1.29 is 13.2 Å². The van der Waals surface area contributed by atoms with Crippen molar-refractivity contribution in [3.8, 4) is 0 Å². The molecule has 11 heteroatoms. The first-order chi connectivity index (χ1) is 26.4. The molecule has 6 heterocycles. The van der Waals surface area contributed by atoms with Gasteiger partial charge in [0.15, 0.2) is 11.6 Å². The molecule has 10 rings (SSSR count). The maximum absolute atomic E-state index is 16.4. The van der Waals surface area contributed by atoms with Crippen molar-refractivity contribution in [3.63, 3.8) is 0 Å². The molecule has 4 atom stereocenters. The van der Waals surface area contributed by atoms with E-state index in [1.165, 1.54) is 24.3 Å². The molecule has 0 bridgehead atoms. The Bertz CT molecular complexity index is 2170. The number of rotatable bonds is 7. The number of aromatic nitrogens is 4. The van der Waals surface area contributed by atoms with Gasteiger partial charge in [-0.1, -0.05) is 24.3 Å². The molecule has 4 N–H and O–H groups in total. The Morgan fingerprint density at radius 1 is 0.574 bits per heavy atom. The summed E-state index contributed by atoms with van der Waals surface area (Å²) in [5.74, 6) is 0.789. The highest BCUT2D eigenvalue weighted by atomic mass is 19.1. The summed E-state index contributed by atoms with van der Waals surface area (Å²) in [5.41, 5.74) is 7.60. The number of hydrogen-bond acceptors (Lipinski definition) is 6. The molecule has 4 aliphatic heterocycles. The van der Waals surface area contributed by atoms with Gasteiger partial charge in [-0.05, 0) is 136 Å². The number of anilines is 2. The zero-order valence-electron chi connectivity index (χ0n) is 30.2. The second kappa shape index (κ2) is 13.8. The molecule has 0 amide bonds. The summed E-state index contributed by atoms with van der Waals surface area (Å²) in [7, 11) is 0. The number of halogens is 3. The van der Waals surface area contributed by atoms with Gasteiger partial charge in [0.1, 0.15) is 23.2 Å². The van der Waals surface area contributed by atoms with E-state index in [9.17, 15) is 4.39 Å². The Kier molecular flexibility index (Phi) is 8.59. The fraction of sp³-hybridized carbons (Fsp3) is 0.395. The lowest BCUT2D eigenvalue weighted by atomic mass is 9.89. The molecule has 0 unspecified atom stereocenters. The van der Waals surface area contributed by atoms with E-state index in [4.69, 9.17) is 9.97 Å². The molecule has 4 aliphatic rings. The fourth-order valence-corrected chi connectivity index (χ4v) is 9.67. The van der Waals surface area contributed by atoms with E-state index in [-0.39, 0.29) is 41.6 Å². The Balaban J connectivity index is 0.986. The van der Waals surface area contributed by atoms with Gasteiger partial charge in [0, 0.05) is 18.8 Å². The molecular formula is C43H45F3N8.